The highest BCUT2D eigenvalue weighted by Crippen LogP contribution is 2.38. The maximum atomic E-state index is 13.9. The molecule has 4 aromatic rings. The fraction of sp³-hybridized carbons (Fsp3) is 0.161. The Hall–Kier alpha value is -4.82. The first kappa shape index (κ1) is 28.7. The Balaban J connectivity index is 1.33. The van der Waals surface area contributed by atoms with E-state index in [2.05, 4.69) is 5.32 Å². The van der Waals surface area contributed by atoms with Crippen LogP contribution in [0, 0.1) is 11.3 Å². The van der Waals surface area contributed by atoms with Gasteiger partial charge < -0.3 is 10.1 Å². The molecule has 42 heavy (non-hydrogen) atoms. The van der Waals surface area contributed by atoms with Crippen LogP contribution in [0.5, 0.6) is 5.75 Å². The first-order chi connectivity index (χ1) is 20.1. The van der Waals surface area contributed by atoms with E-state index < -0.39 is 33.7 Å². The van der Waals surface area contributed by atoms with Gasteiger partial charge in [0.15, 0.2) is 0 Å². The van der Waals surface area contributed by atoms with Crippen molar-refractivity contribution >= 4 is 21.6 Å². The number of hydrogen-bond acceptors (Lipinski definition) is 5. The van der Waals surface area contributed by atoms with E-state index >= 15 is 0 Å². The van der Waals surface area contributed by atoms with E-state index in [1.165, 1.54) is 36.4 Å². The lowest BCUT2D eigenvalue weighted by molar-refractivity contribution is -0.137. The highest BCUT2D eigenvalue weighted by Gasteiger charge is 2.42. The summed E-state index contributed by atoms with van der Waals surface area (Å²) in [6.45, 7) is 0.242. The Morgan fingerprint density at radius 2 is 1.67 bits per heavy atom. The average molecular weight is 592 g/mol. The number of ether oxygens (including phenoxy) is 1. The minimum absolute atomic E-state index is 0.100. The largest absolute Gasteiger partial charge is 0.492 e. The Bertz CT molecular complexity index is 1750. The van der Waals surface area contributed by atoms with Gasteiger partial charge in [0.05, 0.1) is 34.3 Å². The molecule has 0 aromatic heterocycles. The molecule has 4 aromatic carbocycles. The number of hydrogen-bond donors (Lipinski definition) is 1. The van der Waals surface area contributed by atoms with E-state index in [1.54, 1.807) is 48.5 Å². The van der Waals surface area contributed by atoms with E-state index in [9.17, 15) is 26.4 Å². The van der Waals surface area contributed by atoms with Crippen LogP contribution in [0.4, 0.5) is 18.9 Å². The molecule has 0 fully saturated rings. The first-order valence-electron chi connectivity index (χ1n) is 12.9. The molecule has 0 radical (unpaired) electrons. The zero-order chi connectivity index (χ0) is 29.9. The summed E-state index contributed by atoms with van der Waals surface area (Å²) >= 11 is 0. The molecule has 0 bridgehead atoms. The summed E-state index contributed by atoms with van der Waals surface area (Å²) in [6.07, 6.45) is -4.34. The smallest absolute Gasteiger partial charge is 0.416 e. The molecule has 1 amide bonds. The van der Waals surface area contributed by atoms with Gasteiger partial charge in [0, 0.05) is 6.42 Å². The van der Waals surface area contributed by atoms with Crippen molar-refractivity contribution in [2.45, 2.75) is 23.5 Å². The highest BCUT2D eigenvalue weighted by atomic mass is 32.2. The summed E-state index contributed by atoms with van der Waals surface area (Å²) in [5.41, 5.74) is 1.47. The Morgan fingerprint density at radius 3 is 2.36 bits per heavy atom. The van der Waals surface area contributed by atoms with Crippen LogP contribution in [-0.4, -0.2) is 33.5 Å². The van der Waals surface area contributed by atoms with Crippen LogP contribution in [-0.2, 0) is 27.4 Å². The molecule has 0 aliphatic carbocycles. The van der Waals surface area contributed by atoms with Crippen LogP contribution >= 0.6 is 0 Å². The lowest BCUT2D eigenvalue weighted by atomic mass is 10.0. The normalized spacial score (nSPS) is 14.6. The van der Waals surface area contributed by atoms with Crippen LogP contribution in [0.15, 0.2) is 102 Å². The maximum absolute atomic E-state index is 13.9. The Labute approximate surface area is 240 Å². The van der Waals surface area contributed by atoms with Crippen molar-refractivity contribution in [2.24, 2.45) is 0 Å². The van der Waals surface area contributed by atoms with E-state index in [-0.39, 0.29) is 24.5 Å². The molecular formula is C31H24F3N3O4S. The maximum Gasteiger partial charge on any atom is 0.416 e. The molecule has 1 heterocycles. The SMILES string of the molecule is N#Cc1ccc(OCCNC(=O)[C@@H]2Cc3ccccc3N2S(=O)(=O)c2ccc(-c3cccc(C(F)(F)F)c3)cc2)cc1. The van der Waals surface area contributed by atoms with Crippen molar-refractivity contribution < 1.29 is 31.1 Å². The number of nitrogens with zero attached hydrogens (tertiary/aromatic N) is 2. The predicted octanol–water partition coefficient (Wildman–Crippen LogP) is 5.56. The predicted molar refractivity (Wildman–Crippen MR) is 150 cm³/mol. The molecule has 1 aliphatic rings. The van der Waals surface area contributed by atoms with Crippen molar-refractivity contribution in [3.05, 3.63) is 114 Å². The van der Waals surface area contributed by atoms with Gasteiger partial charge in [-0.1, -0.05) is 42.5 Å². The fourth-order valence-electron chi connectivity index (χ4n) is 4.75. The third-order valence-corrected chi connectivity index (χ3v) is 8.65. The van der Waals surface area contributed by atoms with Crippen molar-refractivity contribution in [1.29, 1.82) is 5.26 Å². The van der Waals surface area contributed by atoms with Gasteiger partial charge in [-0.3, -0.25) is 9.10 Å². The van der Waals surface area contributed by atoms with Gasteiger partial charge in [-0.05, 0) is 71.3 Å². The lowest BCUT2D eigenvalue weighted by Crippen LogP contribution is -2.48. The third-order valence-electron chi connectivity index (χ3n) is 6.82. The average Bonchev–Trinajstić information content (AvgIpc) is 3.40. The van der Waals surface area contributed by atoms with Crippen LogP contribution < -0.4 is 14.4 Å². The molecule has 0 saturated heterocycles. The van der Waals surface area contributed by atoms with E-state index in [1.807, 2.05) is 6.07 Å². The second-order valence-electron chi connectivity index (χ2n) is 9.53. The molecule has 0 unspecified atom stereocenters. The number of nitriles is 1. The van der Waals surface area contributed by atoms with Crippen LogP contribution in [0.25, 0.3) is 11.1 Å². The van der Waals surface area contributed by atoms with Gasteiger partial charge in [-0.15, -0.1) is 0 Å². The number of anilines is 1. The second kappa shape index (κ2) is 11.6. The van der Waals surface area contributed by atoms with E-state index in [0.717, 1.165) is 16.4 Å². The Kier molecular flexibility index (Phi) is 7.91. The van der Waals surface area contributed by atoms with E-state index in [4.69, 9.17) is 10.00 Å². The number of benzene rings is 4. The van der Waals surface area contributed by atoms with Gasteiger partial charge in [0.2, 0.25) is 5.91 Å². The van der Waals surface area contributed by atoms with Gasteiger partial charge >= 0.3 is 6.18 Å². The molecule has 11 heteroatoms. The molecular weight excluding hydrogens is 567 g/mol. The number of rotatable bonds is 8. The summed E-state index contributed by atoms with van der Waals surface area (Å²) in [5, 5.41) is 11.6. The van der Waals surface area contributed by atoms with Crippen molar-refractivity contribution in [1.82, 2.24) is 5.32 Å². The number of alkyl halides is 3. The lowest BCUT2D eigenvalue weighted by Gasteiger charge is -2.26. The van der Waals surface area contributed by atoms with Crippen molar-refractivity contribution in [3.63, 3.8) is 0 Å². The standard InChI is InChI=1S/C31H24F3N3O4S/c32-31(33,34)25-6-3-5-23(18-25)22-10-14-27(15-11-22)42(39,40)37-28-7-2-1-4-24(28)19-29(37)30(38)36-16-17-41-26-12-8-21(20-35)9-13-26/h1-15,18,29H,16-17,19H2,(H,36,38)/t29-/m0/s1. The number of fused-ring (bicyclic) bond motifs is 1. The fourth-order valence-corrected chi connectivity index (χ4v) is 6.40. The number of amides is 1. The number of sulfonamides is 1. The van der Waals surface area contributed by atoms with Crippen LogP contribution in [0.1, 0.15) is 16.7 Å². The molecule has 1 aliphatic heterocycles. The van der Waals surface area contributed by atoms with Gasteiger partial charge in [-0.25, -0.2) is 8.42 Å². The number of nitrogens with one attached hydrogen (secondary N) is 1. The summed E-state index contributed by atoms with van der Waals surface area (Å²) < 4.78 is 73.9. The van der Waals surface area contributed by atoms with Crippen molar-refractivity contribution in [2.75, 3.05) is 17.5 Å². The highest BCUT2D eigenvalue weighted by molar-refractivity contribution is 7.93. The van der Waals surface area contributed by atoms with Gasteiger partial charge in [0.25, 0.3) is 10.0 Å². The van der Waals surface area contributed by atoms with Gasteiger partial charge in [0.1, 0.15) is 18.4 Å². The monoisotopic (exact) mass is 591 g/mol. The quantitative estimate of drug-likeness (QED) is 0.271. The molecule has 0 spiro atoms. The number of halogens is 3. The Morgan fingerprint density at radius 1 is 0.952 bits per heavy atom. The van der Waals surface area contributed by atoms with Crippen LogP contribution in [0.2, 0.25) is 0 Å². The minimum Gasteiger partial charge on any atom is -0.492 e. The first-order valence-corrected chi connectivity index (χ1v) is 14.3. The summed E-state index contributed by atoms with van der Waals surface area (Å²) in [7, 11) is -4.22. The van der Waals surface area contributed by atoms with E-state index in [0.29, 0.717) is 33.7 Å². The topological polar surface area (TPSA) is 99.5 Å². The van der Waals surface area contributed by atoms with Gasteiger partial charge in [-0.2, -0.15) is 18.4 Å². The number of carbonyl (C=O) groups excluding carboxylic acids is 1. The molecule has 5 rings (SSSR count). The van der Waals surface area contributed by atoms with Crippen LogP contribution in [0.3, 0.4) is 0 Å². The molecule has 7 nitrogen and oxygen atoms in total. The molecule has 214 valence electrons. The van der Waals surface area contributed by atoms with Crippen molar-refractivity contribution in [3.8, 4) is 22.9 Å². The minimum atomic E-state index is -4.51. The summed E-state index contributed by atoms with van der Waals surface area (Å²) in [5.74, 6) is 0.0214. The number of para-hydroxylation sites is 1. The summed E-state index contributed by atoms with van der Waals surface area (Å²) in [6, 6.07) is 24.6. The molecule has 1 N–H and O–H groups in total. The molecule has 0 saturated carbocycles. The third kappa shape index (κ3) is 5.94. The summed E-state index contributed by atoms with van der Waals surface area (Å²) in [4.78, 5) is 13.1. The number of carbonyl (C=O) groups is 1. The molecule has 1 atom stereocenters. The zero-order valence-electron chi connectivity index (χ0n) is 22.0. The second-order valence-corrected chi connectivity index (χ2v) is 11.3. The zero-order valence-corrected chi connectivity index (χ0v) is 22.8.